The third kappa shape index (κ3) is 6.63. The van der Waals surface area contributed by atoms with Crippen LogP contribution < -0.4 is 4.74 Å². The molecule has 0 fully saturated rings. The Morgan fingerprint density at radius 1 is 1.19 bits per heavy atom. The number of carbonyl (C=O) groups is 1. The van der Waals surface area contributed by atoms with Crippen LogP contribution in [0.3, 0.4) is 0 Å². The zero-order valence-corrected chi connectivity index (χ0v) is 13.2. The van der Waals surface area contributed by atoms with Gasteiger partial charge in [-0.05, 0) is 50.8 Å². The highest BCUT2D eigenvalue weighted by Gasteiger charge is 2.20. The van der Waals surface area contributed by atoms with Crippen molar-refractivity contribution in [1.82, 2.24) is 0 Å². The van der Waals surface area contributed by atoms with E-state index >= 15 is 0 Å². The van der Waals surface area contributed by atoms with Gasteiger partial charge in [0.05, 0.1) is 12.7 Å². The van der Waals surface area contributed by atoms with Crippen LogP contribution in [-0.4, -0.2) is 29.9 Å². The normalized spacial score (nSPS) is 13.5. The van der Waals surface area contributed by atoms with Crippen molar-refractivity contribution < 1.29 is 19.4 Å². The Morgan fingerprint density at radius 2 is 1.86 bits per heavy atom. The number of benzene rings is 1. The molecule has 0 aromatic heterocycles. The van der Waals surface area contributed by atoms with Gasteiger partial charge in [0.25, 0.3) is 0 Å². The molecule has 0 heterocycles. The smallest absolute Gasteiger partial charge is 0.347 e. The van der Waals surface area contributed by atoms with Gasteiger partial charge in [0, 0.05) is 0 Å². The van der Waals surface area contributed by atoms with Crippen molar-refractivity contribution in [1.29, 1.82) is 0 Å². The zero-order chi connectivity index (χ0) is 15.7. The van der Waals surface area contributed by atoms with Gasteiger partial charge in [-0.1, -0.05) is 25.5 Å². The van der Waals surface area contributed by atoms with E-state index in [9.17, 15) is 9.90 Å². The van der Waals surface area contributed by atoms with E-state index in [0.717, 1.165) is 24.8 Å². The SMILES string of the molecule is CCCC(Oc1ccc(CCC(C)O)cc1)C(=O)OCC. The summed E-state index contributed by atoms with van der Waals surface area (Å²) < 4.78 is 10.8. The molecule has 2 atom stereocenters. The summed E-state index contributed by atoms with van der Waals surface area (Å²) in [5.41, 5.74) is 1.14. The van der Waals surface area contributed by atoms with Crippen molar-refractivity contribution in [2.45, 2.75) is 58.7 Å². The Morgan fingerprint density at radius 3 is 2.38 bits per heavy atom. The molecule has 1 aromatic carbocycles. The molecule has 0 aliphatic carbocycles. The summed E-state index contributed by atoms with van der Waals surface area (Å²) in [6, 6.07) is 7.65. The lowest BCUT2D eigenvalue weighted by atomic mass is 10.1. The van der Waals surface area contributed by atoms with Crippen LogP contribution in [0.1, 0.15) is 45.6 Å². The van der Waals surface area contributed by atoms with Gasteiger partial charge >= 0.3 is 5.97 Å². The van der Waals surface area contributed by atoms with Gasteiger partial charge in [-0.2, -0.15) is 0 Å². The van der Waals surface area contributed by atoms with Crippen LogP contribution in [0.25, 0.3) is 0 Å². The fourth-order valence-electron chi connectivity index (χ4n) is 2.00. The van der Waals surface area contributed by atoms with Gasteiger partial charge in [0.15, 0.2) is 6.10 Å². The number of esters is 1. The van der Waals surface area contributed by atoms with Crippen LogP contribution in [0.4, 0.5) is 0 Å². The highest BCUT2D eigenvalue weighted by atomic mass is 16.6. The van der Waals surface area contributed by atoms with Gasteiger partial charge in [-0.3, -0.25) is 0 Å². The Hall–Kier alpha value is -1.55. The average Bonchev–Trinajstić information content (AvgIpc) is 2.46. The maximum atomic E-state index is 11.8. The van der Waals surface area contributed by atoms with Crippen molar-refractivity contribution in [2.75, 3.05) is 6.61 Å². The molecule has 1 rings (SSSR count). The molecular formula is C17H26O4. The predicted molar refractivity (Wildman–Crippen MR) is 82.4 cm³/mol. The van der Waals surface area contributed by atoms with Gasteiger partial charge < -0.3 is 14.6 Å². The Labute approximate surface area is 127 Å². The highest BCUT2D eigenvalue weighted by molar-refractivity contribution is 5.75. The van der Waals surface area contributed by atoms with E-state index in [1.54, 1.807) is 13.8 Å². The van der Waals surface area contributed by atoms with E-state index in [1.165, 1.54) is 0 Å². The molecule has 21 heavy (non-hydrogen) atoms. The number of carbonyl (C=O) groups excluding carboxylic acids is 1. The molecule has 0 saturated heterocycles. The molecule has 0 aliphatic rings. The average molecular weight is 294 g/mol. The van der Waals surface area contributed by atoms with Crippen molar-refractivity contribution in [3.63, 3.8) is 0 Å². The number of hydrogen-bond acceptors (Lipinski definition) is 4. The van der Waals surface area contributed by atoms with Gasteiger partial charge in [-0.25, -0.2) is 4.79 Å². The van der Waals surface area contributed by atoms with Crippen molar-refractivity contribution >= 4 is 5.97 Å². The summed E-state index contributed by atoms with van der Waals surface area (Å²) in [6.45, 7) is 5.94. The van der Waals surface area contributed by atoms with Crippen LogP contribution in [0.15, 0.2) is 24.3 Å². The second kappa shape index (κ2) is 9.40. The number of aryl methyl sites for hydroxylation is 1. The molecule has 0 radical (unpaired) electrons. The third-order valence-corrected chi connectivity index (χ3v) is 3.15. The lowest BCUT2D eigenvalue weighted by Gasteiger charge is -2.17. The van der Waals surface area contributed by atoms with Crippen LogP contribution >= 0.6 is 0 Å². The molecule has 0 saturated carbocycles. The molecular weight excluding hydrogens is 268 g/mol. The Kier molecular flexibility index (Phi) is 7.83. The number of rotatable bonds is 9. The monoisotopic (exact) mass is 294 g/mol. The van der Waals surface area contributed by atoms with E-state index in [2.05, 4.69) is 0 Å². The van der Waals surface area contributed by atoms with E-state index in [4.69, 9.17) is 9.47 Å². The largest absolute Gasteiger partial charge is 0.479 e. The maximum absolute atomic E-state index is 11.8. The quantitative estimate of drug-likeness (QED) is 0.711. The fraction of sp³-hybridized carbons (Fsp3) is 0.588. The predicted octanol–water partition coefficient (Wildman–Crippen LogP) is 3.11. The number of ether oxygens (including phenoxy) is 2. The number of hydrogen-bond donors (Lipinski definition) is 1. The van der Waals surface area contributed by atoms with E-state index in [-0.39, 0.29) is 12.1 Å². The first-order chi connectivity index (χ1) is 10.1. The Bertz CT molecular complexity index is 411. The summed E-state index contributed by atoms with van der Waals surface area (Å²) in [4.78, 5) is 11.8. The van der Waals surface area contributed by atoms with Crippen LogP contribution in [0.2, 0.25) is 0 Å². The second-order valence-corrected chi connectivity index (χ2v) is 5.18. The summed E-state index contributed by atoms with van der Waals surface area (Å²) in [7, 11) is 0. The summed E-state index contributed by atoms with van der Waals surface area (Å²) in [5.74, 6) is 0.361. The topological polar surface area (TPSA) is 55.8 Å². The summed E-state index contributed by atoms with van der Waals surface area (Å²) >= 11 is 0. The molecule has 1 N–H and O–H groups in total. The third-order valence-electron chi connectivity index (χ3n) is 3.15. The first-order valence-electron chi connectivity index (χ1n) is 7.67. The molecule has 4 heteroatoms. The maximum Gasteiger partial charge on any atom is 0.347 e. The summed E-state index contributed by atoms with van der Waals surface area (Å²) in [6.07, 6.45) is 2.23. The van der Waals surface area contributed by atoms with Crippen LogP contribution in [0, 0.1) is 0 Å². The molecule has 0 bridgehead atoms. The van der Waals surface area contributed by atoms with E-state index in [1.807, 2.05) is 31.2 Å². The summed E-state index contributed by atoms with van der Waals surface area (Å²) in [5, 5.41) is 9.28. The minimum absolute atomic E-state index is 0.293. The molecule has 118 valence electrons. The van der Waals surface area contributed by atoms with Crippen LogP contribution in [-0.2, 0) is 16.0 Å². The van der Waals surface area contributed by atoms with Gasteiger partial charge in [0.2, 0.25) is 0 Å². The molecule has 4 nitrogen and oxygen atoms in total. The van der Waals surface area contributed by atoms with Crippen LogP contribution in [0.5, 0.6) is 5.75 Å². The van der Waals surface area contributed by atoms with Crippen molar-refractivity contribution in [2.24, 2.45) is 0 Å². The minimum atomic E-state index is -0.543. The molecule has 2 unspecified atom stereocenters. The zero-order valence-electron chi connectivity index (χ0n) is 13.2. The highest BCUT2D eigenvalue weighted by Crippen LogP contribution is 2.17. The fourth-order valence-corrected chi connectivity index (χ4v) is 2.00. The number of aliphatic hydroxyl groups excluding tert-OH is 1. The van der Waals surface area contributed by atoms with Gasteiger partial charge in [-0.15, -0.1) is 0 Å². The first kappa shape index (κ1) is 17.5. The van der Waals surface area contributed by atoms with Crippen molar-refractivity contribution in [3.05, 3.63) is 29.8 Å². The molecule has 0 aliphatic heterocycles. The standard InChI is InChI=1S/C17H26O4/c1-4-6-16(17(19)20-5-2)21-15-11-9-14(10-12-15)8-7-13(3)18/h9-13,16,18H,4-8H2,1-3H3. The minimum Gasteiger partial charge on any atom is -0.479 e. The molecule has 0 amide bonds. The second-order valence-electron chi connectivity index (χ2n) is 5.18. The number of aliphatic hydroxyl groups is 1. The Balaban J connectivity index is 2.60. The van der Waals surface area contributed by atoms with Crippen molar-refractivity contribution in [3.8, 4) is 5.75 Å². The lowest BCUT2D eigenvalue weighted by molar-refractivity contribution is -0.151. The van der Waals surface area contributed by atoms with Gasteiger partial charge in [0.1, 0.15) is 5.75 Å². The molecule has 1 aromatic rings. The van der Waals surface area contributed by atoms with E-state index < -0.39 is 6.10 Å². The van der Waals surface area contributed by atoms with E-state index in [0.29, 0.717) is 18.8 Å². The lowest BCUT2D eigenvalue weighted by Crippen LogP contribution is -2.29. The first-order valence-corrected chi connectivity index (χ1v) is 7.67. The molecule has 0 spiro atoms.